The summed E-state index contributed by atoms with van der Waals surface area (Å²) in [5, 5.41) is 19.7. The highest BCUT2D eigenvalue weighted by molar-refractivity contribution is 5.79. The Balaban J connectivity index is 2.12. The van der Waals surface area contributed by atoms with Crippen molar-refractivity contribution in [3.63, 3.8) is 0 Å². The molecule has 0 fully saturated rings. The van der Waals surface area contributed by atoms with Gasteiger partial charge in [-0.15, -0.1) is 0 Å². The highest BCUT2D eigenvalue weighted by Gasteiger charge is 2.32. The molecule has 1 heterocycles. The molecule has 0 saturated heterocycles. The molecule has 6 heteroatoms. The van der Waals surface area contributed by atoms with Crippen LogP contribution in [0.2, 0.25) is 0 Å². The number of phenolic OH excluding ortho intramolecular Hbond substituents is 2. The fourth-order valence-corrected chi connectivity index (χ4v) is 2.98. The van der Waals surface area contributed by atoms with Crippen molar-refractivity contribution >= 4 is 5.97 Å². The fraction of sp³-hybridized carbons (Fsp3) is 0.316. The van der Waals surface area contributed by atoms with E-state index in [1.54, 1.807) is 12.1 Å². The Morgan fingerprint density at radius 1 is 1.20 bits per heavy atom. The summed E-state index contributed by atoms with van der Waals surface area (Å²) < 4.78 is 16.2. The van der Waals surface area contributed by atoms with Gasteiger partial charge in [-0.3, -0.25) is 4.79 Å². The normalized spacial score (nSPS) is 16.1. The Hall–Kier alpha value is -2.89. The quantitative estimate of drug-likeness (QED) is 0.639. The van der Waals surface area contributed by atoms with Gasteiger partial charge in [0, 0.05) is 23.6 Å². The molecule has 0 spiro atoms. The molecule has 1 aliphatic heterocycles. The van der Waals surface area contributed by atoms with E-state index in [-0.39, 0.29) is 23.8 Å². The number of aromatic hydroxyl groups is 2. The molecular weight excluding hydrogens is 324 g/mol. The molecule has 2 aromatic carbocycles. The van der Waals surface area contributed by atoms with Gasteiger partial charge in [0.05, 0.1) is 20.1 Å². The molecular formula is C19H20O6. The van der Waals surface area contributed by atoms with Gasteiger partial charge in [-0.2, -0.15) is 0 Å². The third kappa shape index (κ3) is 3.33. The number of hydrogen-bond donors (Lipinski definition) is 2. The molecule has 25 heavy (non-hydrogen) atoms. The van der Waals surface area contributed by atoms with Crippen LogP contribution in [-0.4, -0.2) is 29.9 Å². The molecule has 0 bridgehead atoms. The van der Waals surface area contributed by atoms with Crippen molar-refractivity contribution in [2.24, 2.45) is 0 Å². The van der Waals surface area contributed by atoms with Crippen molar-refractivity contribution < 1.29 is 29.2 Å². The van der Waals surface area contributed by atoms with E-state index in [0.29, 0.717) is 29.4 Å². The topological polar surface area (TPSA) is 85.2 Å². The first-order valence-corrected chi connectivity index (χ1v) is 8.10. The number of carbonyl (C=O) groups excluding carboxylic acids is 1. The van der Waals surface area contributed by atoms with Gasteiger partial charge in [0.15, 0.2) is 11.5 Å². The second-order valence-corrected chi connectivity index (χ2v) is 5.87. The van der Waals surface area contributed by atoms with Crippen LogP contribution in [0.25, 0.3) is 0 Å². The Kier molecular flexibility index (Phi) is 4.70. The van der Waals surface area contributed by atoms with Crippen molar-refractivity contribution in [1.82, 2.24) is 0 Å². The largest absolute Gasteiger partial charge is 0.508 e. The lowest BCUT2D eigenvalue weighted by Crippen LogP contribution is -2.22. The predicted octanol–water partition coefficient (Wildman–Crippen LogP) is 3.34. The minimum atomic E-state index is -0.392. The van der Waals surface area contributed by atoms with Gasteiger partial charge >= 0.3 is 5.97 Å². The van der Waals surface area contributed by atoms with E-state index < -0.39 is 5.97 Å². The molecule has 2 N–H and O–H groups in total. The van der Waals surface area contributed by atoms with Gasteiger partial charge in [0.2, 0.25) is 0 Å². The smallest absolute Gasteiger partial charge is 0.312 e. The van der Waals surface area contributed by atoms with Crippen LogP contribution in [0.15, 0.2) is 30.3 Å². The number of fused-ring (bicyclic) bond motifs is 1. The third-order valence-corrected chi connectivity index (χ3v) is 4.10. The van der Waals surface area contributed by atoms with Gasteiger partial charge in [-0.1, -0.05) is 13.0 Å². The molecule has 2 aromatic rings. The maximum Gasteiger partial charge on any atom is 0.312 e. The SMILES string of the molecule is CCCOc1cc(O)cc2c1[C@@H](c1ccc(O)c(OC)c1)CC(=O)O2. The van der Waals surface area contributed by atoms with E-state index in [4.69, 9.17) is 14.2 Å². The minimum absolute atomic E-state index is 0.0259. The first-order valence-electron chi connectivity index (χ1n) is 8.10. The lowest BCUT2D eigenvalue weighted by molar-refractivity contribution is -0.135. The summed E-state index contributed by atoms with van der Waals surface area (Å²) >= 11 is 0. The first kappa shape index (κ1) is 17.0. The molecule has 0 aliphatic carbocycles. The summed E-state index contributed by atoms with van der Waals surface area (Å²) in [6.45, 7) is 2.47. The second-order valence-electron chi connectivity index (χ2n) is 5.87. The van der Waals surface area contributed by atoms with Gasteiger partial charge in [-0.25, -0.2) is 0 Å². The summed E-state index contributed by atoms with van der Waals surface area (Å²) in [6.07, 6.45) is 0.941. The first-order chi connectivity index (χ1) is 12.0. The van der Waals surface area contributed by atoms with Gasteiger partial charge < -0.3 is 24.4 Å². The standard InChI is InChI=1S/C19H20O6/c1-3-6-24-16-8-12(20)9-17-19(16)13(10-18(22)25-17)11-4-5-14(21)15(7-11)23-2/h4-5,7-9,13,20-21H,3,6,10H2,1-2H3/t13-/m1/s1. The minimum Gasteiger partial charge on any atom is -0.508 e. The van der Waals surface area contributed by atoms with E-state index >= 15 is 0 Å². The van der Waals surface area contributed by atoms with Crippen LogP contribution in [0, 0.1) is 0 Å². The van der Waals surface area contributed by atoms with E-state index in [2.05, 4.69) is 0 Å². The number of ether oxygens (including phenoxy) is 3. The zero-order valence-corrected chi connectivity index (χ0v) is 14.1. The molecule has 0 amide bonds. The number of phenols is 2. The summed E-state index contributed by atoms with van der Waals surface area (Å²) in [4.78, 5) is 12.0. The number of rotatable bonds is 5. The number of esters is 1. The number of hydrogen-bond acceptors (Lipinski definition) is 6. The Morgan fingerprint density at radius 2 is 2.00 bits per heavy atom. The maximum atomic E-state index is 12.0. The molecule has 3 rings (SSSR count). The lowest BCUT2D eigenvalue weighted by Gasteiger charge is -2.27. The number of benzene rings is 2. The van der Waals surface area contributed by atoms with E-state index in [9.17, 15) is 15.0 Å². The highest BCUT2D eigenvalue weighted by atomic mass is 16.5. The summed E-state index contributed by atoms with van der Waals surface area (Å²) in [5.41, 5.74) is 1.50. The van der Waals surface area contributed by atoms with Gasteiger partial charge in [0.25, 0.3) is 0 Å². The van der Waals surface area contributed by atoms with Crippen molar-refractivity contribution in [3.8, 4) is 28.7 Å². The van der Waals surface area contributed by atoms with Crippen molar-refractivity contribution in [3.05, 3.63) is 41.5 Å². The van der Waals surface area contributed by atoms with Gasteiger partial charge in [0.1, 0.15) is 17.2 Å². The van der Waals surface area contributed by atoms with E-state index in [0.717, 1.165) is 12.0 Å². The predicted molar refractivity (Wildman–Crippen MR) is 90.6 cm³/mol. The average molecular weight is 344 g/mol. The fourth-order valence-electron chi connectivity index (χ4n) is 2.98. The van der Waals surface area contributed by atoms with Crippen LogP contribution in [0.5, 0.6) is 28.7 Å². The molecule has 0 saturated carbocycles. The molecule has 1 atom stereocenters. The third-order valence-electron chi connectivity index (χ3n) is 4.10. The lowest BCUT2D eigenvalue weighted by atomic mass is 9.85. The van der Waals surface area contributed by atoms with Crippen LogP contribution in [-0.2, 0) is 4.79 Å². The van der Waals surface area contributed by atoms with Gasteiger partial charge in [-0.05, 0) is 24.1 Å². The number of methoxy groups -OCH3 is 1. The molecule has 0 unspecified atom stereocenters. The molecule has 132 valence electrons. The Bertz CT molecular complexity index is 799. The summed E-state index contributed by atoms with van der Waals surface area (Å²) in [6, 6.07) is 7.90. The maximum absolute atomic E-state index is 12.0. The summed E-state index contributed by atoms with van der Waals surface area (Å²) in [5.74, 6) is 0.392. The van der Waals surface area contributed by atoms with Crippen LogP contribution >= 0.6 is 0 Å². The molecule has 6 nitrogen and oxygen atoms in total. The average Bonchev–Trinajstić information content (AvgIpc) is 2.58. The monoisotopic (exact) mass is 344 g/mol. The second kappa shape index (κ2) is 6.93. The van der Waals surface area contributed by atoms with Crippen LogP contribution in [0.1, 0.15) is 36.8 Å². The molecule has 0 aromatic heterocycles. The van der Waals surface area contributed by atoms with Crippen molar-refractivity contribution in [2.75, 3.05) is 13.7 Å². The highest BCUT2D eigenvalue weighted by Crippen LogP contribution is 2.47. The zero-order valence-electron chi connectivity index (χ0n) is 14.1. The van der Waals surface area contributed by atoms with Crippen molar-refractivity contribution in [2.45, 2.75) is 25.7 Å². The van der Waals surface area contributed by atoms with E-state index in [1.165, 1.54) is 25.3 Å². The van der Waals surface area contributed by atoms with Crippen LogP contribution in [0.3, 0.4) is 0 Å². The van der Waals surface area contributed by atoms with Crippen LogP contribution < -0.4 is 14.2 Å². The van der Waals surface area contributed by atoms with Crippen LogP contribution in [0.4, 0.5) is 0 Å². The summed E-state index contributed by atoms with van der Waals surface area (Å²) in [7, 11) is 1.47. The Morgan fingerprint density at radius 3 is 2.72 bits per heavy atom. The molecule has 0 radical (unpaired) electrons. The van der Waals surface area contributed by atoms with E-state index in [1.807, 2.05) is 6.92 Å². The zero-order chi connectivity index (χ0) is 18.0. The van der Waals surface area contributed by atoms with Crippen molar-refractivity contribution in [1.29, 1.82) is 0 Å². The molecule has 1 aliphatic rings. The number of carbonyl (C=O) groups is 1. The Labute approximate surface area is 145 Å².